The van der Waals surface area contributed by atoms with Crippen molar-refractivity contribution in [1.82, 2.24) is 0 Å². The quantitative estimate of drug-likeness (QED) is 0.148. The van der Waals surface area contributed by atoms with Gasteiger partial charge in [0.1, 0.15) is 18.2 Å². The summed E-state index contributed by atoms with van der Waals surface area (Å²) in [5, 5.41) is 21.6. The molecule has 186 valence electrons. The molecule has 0 unspecified atom stereocenters. The first-order valence-electron chi connectivity index (χ1n) is 11.1. The van der Waals surface area contributed by atoms with E-state index in [1.807, 2.05) is 25.1 Å². The largest absolute Gasteiger partial charge is 0.490 e. The number of carbonyl (C=O) groups excluding carboxylic acids is 2. The molecule has 37 heavy (non-hydrogen) atoms. The summed E-state index contributed by atoms with van der Waals surface area (Å²) >= 11 is 2.10. The Labute approximate surface area is 228 Å². The molecule has 0 aliphatic rings. The van der Waals surface area contributed by atoms with E-state index in [1.165, 1.54) is 25.3 Å². The molecule has 0 atom stereocenters. The van der Waals surface area contributed by atoms with Crippen molar-refractivity contribution in [1.29, 1.82) is 10.5 Å². The van der Waals surface area contributed by atoms with Crippen molar-refractivity contribution in [2.24, 2.45) is 0 Å². The van der Waals surface area contributed by atoms with Gasteiger partial charge in [-0.2, -0.15) is 10.5 Å². The average molecular weight is 607 g/mol. The number of hydrogen-bond donors (Lipinski definition) is 1. The van der Waals surface area contributed by atoms with E-state index in [-0.39, 0.29) is 12.2 Å². The number of halogens is 1. The second-order valence-electron chi connectivity index (χ2n) is 7.51. The molecular formula is C28H22IN3O5. The molecule has 3 aromatic rings. The molecule has 0 saturated carbocycles. The second kappa shape index (κ2) is 13.1. The number of esters is 1. The highest BCUT2D eigenvalue weighted by molar-refractivity contribution is 14.1. The van der Waals surface area contributed by atoms with Crippen molar-refractivity contribution in [2.75, 3.05) is 19.0 Å². The molecule has 1 amide bonds. The van der Waals surface area contributed by atoms with Crippen LogP contribution >= 0.6 is 22.6 Å². The summed E-state index contributed by atoms with van der Waals surface area (Å²) in [6.45, 7) is 2.39. The molecule has 0 spiro atoms. The van der Waals surface area contributed by atoms with Gasteiger partial charge in [-0.15, -0.1) is 0 Å². The predicted octanol–water partition coefficient (Wildman–Crippen LogP) is 5.47. The molecular weight excluding hydrogens is 585 g/mol. The lowest BCUT2D eigenvalue weighted by molar-refractivity contribution is -0.112. The molecule has 0 aliphatic heterocycles. The molecule has 0 aliphatic carbocycles. The number of ether oxygens (including phenoxy) is 3. The molecule has 8 nitrogen and oxygen atoms in total. The number of nitrogens with zero attached hydrogens (tertiary/aromatic N) is 2. The third-order valence-corrected chi connectivity index (χ3v) is 5.88. The maximum absolute atomic E-state index is 12.7. The average Bonchev–Trinajstić information content (AvgIpc) is 2.91. The topological polar surface area (TPSA) is 121 Å². The van der Waals surface area contributed by atoms with Crippen LogP contribution < -0.4 is 14.8 Å². The Kier molecular flexibility index (Phi) is 9.64. The van der Waals surface area contributed by atoms with Gasteiger partial charge in [0.05, 0.1) is 34.5 Å². The lowest BCUT2D eigenvalue weighted by Gasteiger charge is -2.15. The van der Waals surface area contributed by atoms with Crippen LogP contribution in [0.25, 0.3) is 6.08 Å². The van der Waals surface area contributed by atoms with Gasteiger partial charge in [-0.05, 0) is 83.6 Å². The van der Waals surface area contributed by atoms with Gasteiger partial charge in [0.25, 0.3) is 5.91 Å². The van der Waals surface area contributed by atoms with E-state index < -0.39 is 11.9 Å². The number of rotatable bonds is 9. The van der Waals surface area contributed by atoms with Crippen LogP contribution in [-0.2, 0) is 16.1 Å². The Morgan fingerprint density at radius 1 is 1.05 bits per heavy atom. The van der Waals surface area contributed by atoms with Gasteiger partial charge >= 0.3 is 5.97 Å². The monoisotopic (exact) mass is 607 g/mol. The Morgan fingerprint density at radius 3 is 2.43 bits per heavy atom. The van der Waals surface area contributed by atoms with Crippen LogP contribution in [0.4, 0.5) is 5.69 Å². The van der Waals surface area contributed by atoms with Crippen LogP contribution in [-0.4, -0.2) is 25.6 Å². The van der Waals surface area contributed by atoms with Crippen molar-refractivity contribution in [3.8, 4) is 23.6 Å². The molecule has 0 radical (unpaired) electrons. The highest BCUT2D eigenvalue weighted by atomic mass is 127. The van der Waals surface area contributed by atoms with Crippen molar-refractivity contribution in [3.05, 3.63) is 92.1 Å². The smallest absolute Gasteiger partial charge is 0.337 e. The number of amides is 1. The number of hydrogen-bond acceptors (Lipinski definition) is 7. The van der Waals surface area contributed by atoms with Crippen molar-refractivity contribution in [3.63, 3.8) is 0 Å². The number of nitriles is 2. The third kappa shape index (κ3) is 7.09. The fourth-order valence-electron chi connectivity index (χ4n) is 3.30. The van der Waals surface area contributed by atoms with E-state index in [0.29, 0.717) is 44.1 Å². The van der Waals surface area contributed by atoms with Gasteiger partial charge in [0.2, 0.25) is 0 Å². The number of methoxy groups -OCH3 is 1. The fraction of sp³-hybridized carbons (Fsp3) is 0.143. The summed E-state index contributed by atoms with van der Waals surface area (Å²) in [4.78, 5) is 24.3. The first-order chi connectivity index (χ1) is 17.9. The lowest BCUT2D eigenvalue weighted by atomic mass is 10.1. The van der Waals surface area contributed by atoms with Gasteiger partial charge in [-0.3, -0.25) is 4.79 Å². The van der Waals surface area contributed by atoms with Gasteiger partial charge < -0.3 is 19.5 Å². The molecule has 3 rings (SSSR count). The summed E-state index contributed by atoms with van der Waals surface area (Å²) in [5.41, 5.74) is 2.49. The Bertz CT molecular complexity index is 1420. The summed E-state index contributed by atoms with van der Waals surface area (Å²) in [6.07, 6.45) is 1.46. The minimum atomic E-state index is -0.602. The van der Waals surface area contributed by atoms with E-state index in [2.05, 4.69) is 38.7 Å². The summed E-state index contributed by atoms with van der Waals surface area (Å²) in [6, 6.07) is 20.8. The lowest BCUT2D eigenvalue weighted by Crippen LogP contribution is -2.13. The summed E-state index contributed by atoms with van der Waals surface area (Å²) in [7, 11) is 1.28. The van der Waals surface area contributed by atoms with E-state index in [4.69, 9.17) is 9.47 Å². The predicted molar refractivity (Wildman–Crippen MR) is 146 cm³/mol. The maximum Gasteiger partial charge on any atom is 0.337 e. The van der Waals surface area contributed by atoms with Crippen LogP contribution in [0.5, 0.6) is 11.5 Å². The Morgan fingerprint density at radius 2 is 1.78 bits per heavy atom. The van der Waals surface area contributed by atoms with Crippen molar-refractivity contribution >= 4 is 46.2 Å². The maximum atomic E-state index is 12.7. The highest BCUT2D eigenvalue weighted by Gasteiger charge is 2.16. The van der Waals surface area contributed by atoms with Crippen LogP contribution in [0.2, 0.25) is 0 Å². The van der Waals surface area contributed by atoms with E-state index in [1.54, 1.807) is 36.4 Å². The zero-order valence-corrected chi connectivity index (χ0v) is 22.2. The summed E-state index contributed by atoms with van der Waals surface area (Å²) < 4.78 is 17.2. The number of benzene rings is 3. The van der Waals surface area contributed by atoms with E-state index >= 15 is 0 Å². The third-order valence-electron chi connectivity index (χ3n) is 5.08. The molecule has 0 aromatic heterocycles. The first-order valence-corrected chi connectivity index (χ1v) is 12.2. The molecule has 3 aromatic carbocycles. The van der Waals surface area contributed by atoms with Crippen LogP contribution in [0.15, 0.2) is 66.2 Å². The molecule has 0 saturated heterocycles. The van der Waals surface area contributed by atoms with Crippen molar-refractivity contribution in [2.45, 2.75) is 13.5 Å². The molecule has 0 fully saturated rings. The van der Waals surface area contributed by atoms with Crippen LogP contribution in [0, 0.1) is 26.2 Å². The number of carbonyl (C=O) groups is 2. The molecule has 0 bridgehead atoms. The van der Waals surface area contributed by atoms with E-state index in [9.17, 15) is 20.1 Å². The molecule has 9 heteroatoms. The minimum absolute atomic E-state index is 0.119. The van der Waals surface area contributed by atoms with Gasteiger partial charge in [-0.25, -0.2) is 4.79 Å². The SMILES string of the molecule is CCOc1cc(/C=C(\C#N)C(=O)Nc2ccc(C(=O)OC)cc2)cc(I)c1OCc1ccccc1C#N. The van der Waals surface area contributed by atoms with Gasteiger partial charge in [0, 0.05) is 11.3 Å². The fourth-order valence-corrected chi connectivity index (χ4v) is 4.08. The van der Waals surface area contributed by atoms with Crippen LogP contribution in [0.1, 0.15) is 34.0 Å². The second-order valence-corrected chi connectivity index (χ2v) is 8.68. The minimum Gasteiger partial charge on any atom is -0.490 e. The van der Waals surface area contributed by atoms with Gasteiger partial charge in [-0.1, -0.05) is 18.2 Å². The zero-order valence-electron chi connectivity index (χ0n) is 20.1. The molecule has 1 N–H and O–H groups in total. The van der Waals surface area contributed by atoms with Crippen molar-refractivity contribution < 1.29 is 23.8 Å². The van der Waals surface area contributed by atoms with E-state index in [0.717, 1.165) is 5.56 Å². The number of nitrogens with one attached hydrogen (secondary N) is 1. The standard InChI is InChI=1S/C28H22IN3O5/c1-3-36-25-14-18(13-24(29)26(25)37-17-21-7-5-4-6-20(21)15-30)12-22(16-31)27(33)32-23-10-8-19(9-11-23)28(34)35-2/h4-14H,3,17H2,1-2H3,(H,32,33)/b22-12+. The molecule has 0 heterocycles. The van der Waals surface area contributed by atoms with Crippen LogP contribution in [0.3, 0.4) is 0 Å². The summed E-state index contributed by atoms with van der Waals surface area (Å²) in [5.74, 6) is -0.140. The first kappa shape index (κ1) is 27.2. The van der Waals surface area contributed by atoms with Gasteiger partial charge in [0.15, 0.2) is 11.5 Å². The zero-order chi connectivity index (χ0) is 26.8. The number of anilines is 1. The Balaban J connectivity index is 1.83. The highest BCUT2D eigenvalue weighted by Crippen LogP contribution is 2.35. The normalized spacial score (nSPS) is 10.6. The Hall–Kier alpha value is -4.35.